The maximum Gasteiger partial charge on any atom is 0.231 e. The summed E-state index contributed by atoms with van der Waals surface area (Å²) in [6.07, 6.45) is 0.306. The molecule has 0 saturated carbocycles. The average molecular weight is 425 g/mol. The van der Waals surface area contributed by atoms with Crippen LogP contribution in [0.15, 0.2) is 47.5 Å². The van der Waals surface area contributed by atoms with Gasteiger partial charge in [0.1, 0.15) is 0 Å². The minimum atomic E-state index is 0.292. The molecule has 2 aromatic rings. The number of morpholine rings is 1. The Morgan fingerprint density at radius 3 is 2.81 bits per heavy atom. The standard InChI is InChI=1S/C24H32N4O3/c1-3-25-24(27-14-20-7-8-22-23(12-20)31-17-30-22)26-13-19-5-4-6-21(11-19)16-28-9-10-29-18(2)15-28/h4-8,11-12,18H,3,9-10,13-17H2,1-2H3,(H2,25,26,27). The molecular formula is C24H32N4O3. The Morgan fingerprint density at radius 1 is 1.06 bits per heavy atom. The van der Waals surface area contributed by atoms with Crippen LogP contribution in [0, 0.1) is 0 Å². The van der Waals surface area contributed by atoms with Gasteiger partial charge in [-0.2, -0.15) is 0 Å². The van der Waals surface area contributed by atoms with Gasteiger partial charge in [0.2, 0.25) is 6.79 Å². The van der Waals surface area contributed by atoms with Crippen molar-refractivity contribution in [2.75, 3.05) is 33.0 Å². The third-order valence-electron chi connectivity index (χ3n) is 5.38. The fourth-order valence-electron chi connectivity index (χ4n) is 3.87. The van der Waals surface area contributed by atoms with Crippen LogP contribution in [0.1, 0.15) is 30.5 Å². The van der Waals surface area contributed by atoms with E-state index in [2.05, 4.69) is 53.6 Å². The molecule has 0 bridgehead atoms. The summed E-state index contributed by atoms with van der Waals surface area (Å²) < 4.78 is 16.5. The summed E-state index contributed by atoms with van der Waals surface area (Å²) in [5.74, 6) is 2.40. The Labute approximate surface area is 184 Å². The molecule has 2 aliphatic rings. The van der Waals surface area contributed by atoms with Gasteiger partial charge in [-0.15, -0.1) is 0 Å². The Bertz CT molecular complexity index is 902. The molecule has 7 heteroatoms. The molecule has 0 amide bonds. The predicted molar refractivity (Wildman–Crippen MR) is 121 cm³/mol. The van der Waals surface area contributed by atoms with Crippen LogP contribution in [0.4, 0.5) is 0 Å². The molecule has 4 rings (SSSR count). The van der Waals surface area contributed by atoms with Gasteiger partial charge in [0, 0.05) is 32.7 Å². The number of nitrogens with zero attached hydrogens (tertiary/aromatic N) is 2. The predicted octanol–water partition coefficient (Wildman–Crippen LogP) is 2.89. The van der Waals surface area contributed by atoms with Gasteiger partial charge in [-0.05, 0) is 42.7 Å². The van der Waals surface area contributed by atoms with E-state index < -0.39 is 0 Å². The lowest BCUT2D eigenvalue weighted by Crippen LogP contribution is -2.40. The summed E-state index contributed by atoms with van der Waals surface area (Å²) in [6.45, 7) is 10.3. The molecule has 1 fully saturated rings. The molecule has 0 aromatic heterocycles. The minimum Gasteiger partial charge on any atom is -0.454 e. The van der Waals surface area contributed by atoms with Gasteiger partial charge in [-0.1, -0.05) is 30.3 Å². The van der Waals surface area contributed by atoms with E-state index in [1.807, 2.05) is 18.2 Å². The molecule has 0 radical (unpaired) electrons. The van der Waals surface area contributed by atoms with E-state index in [4.69, 9.17) is 19.2 Å². The summed E-state index contributed by atoms with van der Waals surface area (Å²) in [6, 6.07) is 14.7. The smallest absolute Gasteiger partial charge is 0.231 e. The van der Waals surface area contributed by atoms with Gasteiger partial charge in [0.25, 0.3) is 0 Å². The highest BCUT2D eigenvalue weighted by molar-refractivity contribution is 5.79. The maximum absolute atomic E-state index is 5.65. The molecule has 0 spiro atoms. The van der Waals surface area contributed by atoms with Crippen molar-refractivity contribution >= 4 is 5.96 Å². The van der Waals surface area contributed by atoms with Crippen LogP contribution >= 0.6 is 0 Å². The quantitative estimate of drug-likeness (QED) is 0.526. The van der Waals surface area contributed by atoms with E-state index in [-0.39, 0.29) is 0 Å². The number of nitrogens with one attached hydrogen (secondary N) is 2. The Hall–Kier alpha value is -2.77. The monoisotopic (exact) mass is 424 g/mol. The van der Waals surface area contributed by atoms with E-state index in [0.29, 0.717) is 26.0 Å². The number of rotatable bonds is 7. The first-order valence-corrected chi connectivity index (χ1v) is 11.0. The van der Waals surface area contributed by atoms with Crippen molar-refractivity contribution in [3.05, 3.63) is 59.2 Å². The SMILES string of the molecule is CCNC(=NCc1cccc(CN2CCOC(C)C2)c1)NCc1ccc2c(c1)OCO2. The van der Waals surface area contributed by atoms with Crippen LogP contribution in [0.2, 0.25) is 0 Å². The minimum absolute atomic E-state index is 0.292. The van der Waals surface area contributed by atoms with Gasteiger partial charge >= 0.3 is 0 Å². The molecule has 7 nitrogen and oxygen atoms in total. The zero-order chi connectivity index (χ0) is 21.5. The number of ether oxygens (including phenoxy) is 3. The largest absolute Gasteiger partial charge is 0.454 e. The van der Waals surface area contributed by atoms with E-state index in [9.17, 15) is 0 Å². The third-order valence-corrected chi connectivity index (χ3v) is 5.38. The van der Waals surface area contributed by atoms with Crippen LogP contribution in [0.3, 0.4) is 0 Å². The number of guanidine groups is 1. The van der Waals surface area contributed by atoms with Crippen molar-refractivity contribution < 1.29 is 14.2 Å². The lowest BCUT2D eigenvalue weighted by atomic mass is 10.1. The Morgan fingerprint density at radius 2 is 1.94 bits per heavy atom. The van der Waals surface area contributed by atoms with Crippen molar-refractivity contribution in [2.45, 2.75) is 39.6 Å². The summed E-state index contributed by atoms with van der Waals surface area (Å²) in [4.78, 5) is 7.23. The molecule has 31 heavy (non-hydrogen) atoms. The average Bonchev–Trinajstić information content (AvgIpc) is 3.24. The number of benzene rings is 2. The lowest BCUT2D eigenvalue weighted by molar-refractivity contribution is -0.0212. The number of hydrogen-bond donors (Lipinski definition) is 2. The summed E-state index contributed by atoms with van der Waals surface area (Å²) in [7, 11) is 0. The molecule has 166 valence electrons. The second-order valence-electron chi connectivity index (χ2n) is 7.97. The highest BCUT2D eigenvalue weighted by Crippen LogP contribution is 2.32. The van der Waals surface area contributed by atoms with Gasteiger partial charge in [-0.25, -0.2) is 4.99 Å². The molecule has 2 aliphatic heterocycles. The van der Waals surface area contributed by atoms with Crippen molar-refractivity contribution in [2.24, 2.45) is 4.99 Å². The molecule has 1 saturated heterocycles. The fourth-order valence-corrected chi connectivity index (χ4v) is 3.87. The number of aliphatic imine (C=N–C) groups is 1. The second-order valence-corrected chi connectivity index (χ2v) is 7.97. The van der Waals surface area contributed by atoms with Gasteiger partial charge in [0.15, 0.2) is 17.5 Å². The van der Waals surface area contributed by atoms with Gasteiger partial charge < -0.3 is 24.8 Å². The molecule has 1 atom stereocenters. The second kappa shape index (κ2) is 10.5. The van der Waals surface area contributed by atoms with Crippen LogP contribution in [-0.2, 0) is 24.4 Å². The Kier molecular flexibility index (Phi) is 7.27. The summed E-state index contributed by atoms with van der Waals surface area (Å²) in [5.41, 5.74) is 3.65. The van der Waals surface area contributed by atoms with Crippen LogP contribution in [0.25, 0.3) is 0 Å². The molecule has 1 unspecified atom stereocenters. The van der Waals surface area contributed by atoms with E-state index in [0.717, 1.165) is 55.8 Å². The maximum atomic E-state index is 5.65. The first-order chi connectivity index (χ1) is 15.2. The van der Waals surface area contributed by atoms with E-state index in [1.54, 1.807) is 0 Å². The number of hydrogen-bond acceptors (Lipinski definition) is 5. The highest BCUT2D eigenvalue weighted by atomic mass is 16.7. The normalized spacial score (nSPS) is 18.8. The van der Waals surface area contributed by atoms with E-state index >= 15 is 0 Å². The number of fused-ring (bicyclic) bond motifs is 1. The van der Waals surface area contributed by atoms with E-state index in [1.165, 1.54) is 11.1 Å². The van der Waals surface area contributed by atoms with Crippen molar-refractivity contribution in [3.63, 3.8) is 0 Å². The van der Waals surface area contributed by atoms with Gasteiger partial charge in [0.05, 0.1) is 19.3 Å². The topological polar surface area (TPSA) is 67.4 Å². The zero-order valence-corrected chi connectivity index (χ0v) is 18.4. The molecule has 0 aliphatic carbocycles. The van der Waals surface area contributed by atoms with Crippen molar-refractivity contribution in [1.82, 2.24) is 15.5 Å². The van der Waals surface area contributed by atoms with Crippen LogP contribution in [-0.4, -0.2) is 50.0 Å². The summed E-state index contributed by atoms with van der Waals surface area (Å²) >= 11 is 0. The zero-order valence-electron chi connectivity index (χ0n) is 18.4. The summed E-state index contributed by atoms with van der Waals surface area (Å²) in [5, 5.41) is 6.73. The molecule has 2 aromatic carbocycles. The molecular weight excluding hydrogens is 392 g/mol. The lowest BCUT2D eigenvalue weighted by Gasteiger charge is -2.31. The highest BCUT2D eigenvalue weighted by Gasteiger charge is 2.16. The van der Waals surface area contributed by atoms with Gasteiger partial charge in [-0.3, -0.25) is 4.90 Å². The first kappa shape index (κ1) is 21.5. The fraction of sp³-hybridized carbons (Fsp3) is 0.458. The first-order valence-electron chi connectivity index (χ1n) is 11.0. The third kappa shape index (κ3) is 6.12. The van der Waals surface area contributed by atoms with Crippen molar-refractivity contribution in [3.8, 4) is 11.5 Å². The van der Waals surface area contributed by atoms with Crippen LogP contribution in [0.5, 0.6) is 11.5 Å². The Balaban J connectivity index is 1.34. The molecule has 2 N–H and O–H groups in total. The van der Waals surface area contributed by atoms with Crippen LogP contribution < -0.4 is 20.1 Å². The van der Waals surface area contributed by atoms with Crippen molar-refractivity contribution in [1.29, 1.82) is 0 Å². The molecule has 2 heterocycles.